The monoisotopic (exact) mass is 553 g/mol. The number of benzene rings is 3. The first-order valence-electron chi connectivity index (χ1n) is 12.6. The molecule has 2 amide bonds. The van der Waals surface area contributed by atoms with Crippen molar-refractivity contribution >= 4 is 40.7 Å². The van der Waals surface area contributed by atoms with Crippen LogP contribution in [0.5, 0.6) is 0 Å². The number of nitrogens with zero attached hydrogens (tertiary/aromatic N) is 2. The van der Waals surface area contributed by atoms with Crippen molar-refractivity contribution in [3.63, 3.8) is 0 Å². The molecule has 1 N–H and O–H groups in total. The molecule has 1 atom stereocenters. The highest BCUT2D eigenvalue weighted by atomic mass is 35.5. The molecule has 0 aromatic heterocycles. The van der Waals surface area contributed by atoms with E-state index in [0.29, 0.717) is 22.0 Å². The van der Waals surface area contributed by atoms with Crippen LogP contribution in [0, 0.1) is 10.1 Å². The van der Waals surface area contributed by atoms with Crippen LogP contribution in [0.1, 0.15) is 42.4 Å². The van der Waals surface area contributed by atoms with E-state index in [1.165, 1.54) is 11.0 Å². The second-order valence-corrected chi connectivity index (χ2v) is 10.3. The summed E-state index contributed by atoms with van der Waals surface area (Å²) in [6.07, 6.45) is 3.99. The van der Waals surface area contributed by atoms with Gasteiger partial charge in [0.2, 0.25) is 11.8 Å². The quantitative estimate of drug-likeness (QED) is 0.241. The Bertz CT molecular complexity index is 1300. The van der Waals surface area contributed by atoms with Crippen molar-refractivity contribution in [2.75, 3.05) is 0 Å². The Morgan fingerprint density at radius 1 is 0.947 bits per heavy atom. The van der Waals surface area contributed by atoms with Crippen LogP contribution >= 0.6 is 23.2 Å². The molecule has 0 aliphatic heterocycles. The van der Waals surface area contributed by atoms with Gasteiger partial charge < -0.3 is 10.2 Å². The number of para-hydroxylation sites is 1. The van der Waals surface area contributed by atoms with E-state index in [-0.39, 0.29) is 36.2 Å². The zero-order valence-corrected chi connectivity index (χ0v) is 22.3. The molecule has 4 rings (SSSR count). The smallest absolute Gasteiger partial charge is 0.273 e. The molecular weight excluding hydrogens is 525 g/mol. The van der Waals surface area contributed by atoms with Gasteiger partial charge in [-0.2, -0.15) is 0 Å². The summed E-state index contributed by atoms with van der Waals surface area (Å²) in [6.45, 7) is 0.0892. The molecule has 1 saturated carbocycles. The van der Waals surface area contributed by atoms with E-state index in [2.05, 4.69) is 5.32 Å². The lowest BCUT2D eigenvalue weighted by Gasteiger charge is -2.32. The first-order chi connectivity index (χ1) is 18.3. The van der Waals surface area contributed by atoms with Crippen LogP contribution in [-0.2, 0) is 29.0 Å². The van der Waals surface area contributed by atoms with Gasteiger partial charge in [-0.3, -0.25) is 19.7 Å². The minimum absolute atomic E-state index is 0.0675. The van der Waals surface area contributed by atoms with E-state index in [0.717, 1.165) is 31.2 Å². The maximum Gasteiger partial charge on any atom is 0.273 e. The van der Waals surface area contributed by atoms with Gasteiger partial charge >= 0.3 is 0 Å². The summed E-state index contributed by atoms with van der Waals surface area (Å²) in [5.74, 6) is -0.635. The van der Waals surface area contributed by atoms with Crippen LogP contribution in [-0.4, -0.2) is 33.7 Å². The topological polar surface area (TPSA) is 92.6 Å². The standard InChI is InChI=1S/C29H29Cl2N3O4/c30-24-15-14-21(16-25(24)31)19-33(28(35)18-22-10-4-7-13-26(22)34(37)38)27(17-20-8-2-1-3-9-20)29(36)32-23-11-5-6-12-23/h1-4,7-10,13-16,23,27H,5-6,11-12,17-19H2,(H,32,36)/t27-/m1/s1. The van der Waals surface area contributed by atoms with Crippen molar-refractivity contribution in [2.24, 2.45) is 0 Å². The van der Waals surface area contributed by atoms with Gasteiger partial charge in [0, 0.05) is 30.6 Å². The lowest BCUT2D eigenvalue weighted by molar-refractivity contribution is -0.385. The number of amides is 2. The van der Waals surface area contributed by atoms with E-state index in [9.17, 15) is 19.7 Å². The molecule has 0 radical (unpaired) electrons. The molecule has 1 fully saturated rings. The van der Waals surface area contributed by atoms with Gasteiger partial charge in [0.25, 0.3) is 5.69 Å². The molecule has 9 heteroatoms. The summed E-state index contributed by atoms with van der Waals surface area (Å²) in [7, 11) is 0. The van der Waals surface area contributed by atoms with Crippen LogP contribution in [0.2, 0.25) is 10.0 Å². The Labute approximate surface area is 231 Å². The van der Waals surface area contributed by atoms with E-state index in [1.54, 1.807) is 36.4 Å². The fourth-order valence-corrected chi connectivity index (χ4v) is 5.18. The first kappa shape index (κ1) is 27.6. The number of nitrogens with one attached hydrogen (secondary N) is 1. The molecule has 0 heterocycles. The minimum atomic E-state index is -0.831. The average Bonchev–Trinajstić information content (AvgIpc) is 3.42. The van der Waals surface area contributed by atoms with E-state index in [4.69, 9.17) is 23.2 Å². The average molecular weight is 554 g/mol. The lowest BCUT2D eigenvalue weighted by atomic mass is 10.0. The van der Waals surface area contributed by atoms with E-state index in [1.807, 2.05) is 30.3 Å². The Kier molecular flexibility index (Phi) is 9.37. The van der Waals surface area contributed by atoms with Crippen molar-refractivity contribution in [3.05, 3.63) is 110 Å². The molecule has 38 heavy (non-hydrogen) atoms. The molecule has 198 valence electrons. The molecule has 3 aromatic carbocycles. The number of nitro groups is 1. The number of hydrogen-bond acceptors (Lipinski definition) is 4. The first-order valence-corrected chi connectivity index (χ1v) is 13.4. The van der Waals surface area contributed by atoms with E-state index >= 15 is 0 Å². The number of rotatable bonds is 10. The van der Waals surface area contributed by atoms with Gasteiger partial charge in [0.15, 0.2) is 0 Å². The fourth-order valence-electron chi connectivity index (χ4n) is 4.86. The highest BCUT2D eigenvalue weighted by Gasteiger charge is 2.33. The molecule has 0 unspecified atom stereocenters. The van der Waals surface area contributed by atoms with Gasteiger partial charge in [-0.05, 0) is 36.1 Å². The maximum atomic E-state index is 13.9. The summed E-state index contributed by atoms with van der Waals surface area (Å²) in [6, 6.07) is 20.0. The van der Waals surface area contributed by atoms with Crippen molar-refractivity contribution in [2.45, 2.75) is 57.2 Å². The molecule has 7 nitrogen and oxygen atoms in total. The molecule has 0 bridgehead atoms. The van der Waals surface area contributed by atoms with Crippen LogP contribution in [0.3, 0.4) is 0 Å². The van der Waals surface area contributed by atoms with Crippen molar-refractivity contribution in [1.82, 2.24) is 10.2 Å². The summed E-state index contributed by atoms with van der Waals surface area (Å²) < 4.78 is 0. The Balaban J connectivity index is 1.71. The third-order valence-electron chi connectivity index (χ3n) is 6.84. The number of hydrogen-bond donors (Lipinski definition) is 1. The van der Waals surface area contributed by atoms with Crippen LogP contribution in [0.15, 0.2) is 72.8 Å². The lowest BCUT2D eigenvalue weighted by Crippen LogP contribution is -2.52. The molecule has 0 spiro atoms. The molecular formula is C29H29Cl2N3O4. The maximum absolute atomic E-state index is 13.9. The predicted octanol–water partition coefficient (Wildman–Crippen LogP) is 6.14. The van der Waals surface area contributed by atoms with Crippen molar-refractivity contribution < 1.29 is 14.5 Å². The third kappa shape index (κ3) is 7.11. The van der Waals surface area contributed by atoms with Crippen LogP contribution < -0.4 is 5.32 Å². The van der Waals surface area contributed by atoms with Crippen molar-refractivity contribution in [3.8, 4) is 0 Å². The highest BCUT2D eigenvalue weighted by Crippen LogP contribution is 2.26. The fraction of sp³-hybridized carbons (Fsp3) is 0.310. The largest absolute Gasteiger partial charge is 0.352 e. The van der Waals surface area contributed by atoms with Crippen LogP contribution in [0.4, 0.5) is 5.69 Å². The Morgan fingerprint density at radius 2 is 1.63 bits per heavy atom. The summed E-state index contributed by atoms with van der Waals surface area (Å²) in [5.41, 5.74) is 1.75. The zero-order valence-electron chi connectivity index (χ0n) is 20.8. The molecule has 3 aromatic rings. The minimum Gasteiger partial charge on any atom is -0.352 e. The van der Waals surface area contributed by atoms with E-state index < -0.39 is 16.9 Å². The number of carbonyl (C=O) groups excluding carboxylic acids is 2. The summed E-state index contributed by atoms with van der Waals surface area (Å²) in [5, 5.41) is 15.5. The Morgan fingerprint density at radius 3 is 2.32 bits per heavy atom. The SMILES string of the molecule is O=C(NC1CCCC1)[C@@H](Cc1ccccc1)N(Cc1ccc(Cl)c(Cl)c1)C(=O)Cc1ccccc1[N+](=O)[O-]. The van der Waals surface area contributed by atoms with Gasteiger partial charge in [-0.15, -0.1) is 0 Å². The van der Waals surface area contributed by atoms with Gasteiger partial charge in [-0.1, -0.05) is 90.6 Å². The zero-order chi connectivity index (χ0) is 27.1. The van der Waals surface area contributed by atoms with Crippen LogP contribution in [0.25, 0.3) is 0 Å². The van der Waals surface area contributed by atoms with Gasteiger partial charge in [0.05, 0.1) is 21.4 Å². The van der Waals surface area contributed by atoms with Gasteiger partial charge in [-0.25, -0.2) is 0 Å². The normalized spacial score (nSPS) is 14.2. The summed E-state index contributed by atoms with van der Waals surface area (Å²) in [4.78, 5) is 40.2. The Hall–Kier alpha value is -3.42. The molecule has 1 aliphatic rings. The number of carbonyl (C=O) groups is 2. The van der Waals surface area contributed by atoms with Crippen molar-refractivity contribution in [1.29, 1.82) is 0 Å². The second kappa shape index (κ2) is 12.9. The number of nitro benzene ring substituents is 1. The highest BCUT2D eigenvalue weighted by molar-refractivity contribution is 6.42. The third-order valence-corrected chi connectivity index (χ3v) is 7.58. The summed E-state index contributed by atoms with van der Waals surface area (Å²) >= 11 is 12.4. The molecule has 0 saturated heterocycles. The van der Waals surface area contributed by atoms with Gasteiger partial charge in [0.1, 0.15) is 6.04 Å². The molecule has 1 aliphatic carbocycles. The second-order valence-electron chi connectivity index (χ2n) is 9.53. The number of halogens is 2. The predicted molar refractivity (Wildman–Crippen MR) is 148 cm³/mol.